The normalized spacial score (nSPS) is 13.3. The fourth-order valence-electron chi connectivity index (χ4n) is 3.15. The summed E-state index contributed by atoms with van der Waals surface area (Å²) in [6.07, 6.45) is 6.26. The Hall–Kier alpha value is -2.67. The maximum atomic E-state index is 4.46. The summed E-state index contributed by atoms with van der Waals surface area (Å²) in [6, 6.07) is 21.8. The molecule has 1 heteroatoms. The van der Waals surface area contributed by atoms with Crippen LogP contribution in [-0.4, -0.2) is 4.98 Å². The number of aromatic nitrogens is 1. The lowest BCUT2D eigenvalue weighted by Gasteiger charge is -2.16. The maximum absolute atomic E-state index is 4.46. The van der Waals surface area contributed by atoms with Crippen molar-refractivity contribution in [3.63, 3.8) is 0 Å². The molecule has 2 aromatic carbocycles. The highest BCUT2D eigenvalue weighted by atomic mass is 14.7. The second-order valence-electron chi connectivity index (χ2n) is 6.15. The van der Waals surface area contributed by atoms with E-state index in [0.717, 1.165) is 12.8 Å². The molecule has 0 spiro atoms. The SMILES string of the molecule is Cc1ccc(-c2ccc(C3=Cc4cccnc4CC3)cc2)cc1. The van der Waals surface area contributed by atoms with Crippen LogP contribution in [0.2, 0.25) is 0 Å². The zero-order chi connectivity index (χ0) is 15.6. The van der Waals surface area contributed by atoms with Gasteiger partial charge in [0.1, 0.15) is 0 Å². The predicted octanol–water partition coefficient (Wildman–Crippen LogP) is 5.54. The number of allylic oxidation sites excluding steroid dienone is 1. The lowest BCUT2D eigenvalue weighted by atomic mass is 9.90. The number of hydrogen-bond acceptors (Lipinski definition) is 1. The van der Waals surface area contributed by atoms with Crippen molar-refractivity contribution in [3.05, 3.63) is 89.2 Å². The second-order valence-corrected chi connectivity index (χ2v) is 6.15. The molecule has 1 heterocycles. The van der Waals surface area contributed by atoms with Crippen LogP contribution in [0.4, 0.5) is 0 Å². The number of aryl methyl sites for hydroxylation is 2. The number of pyridine rings is 1. The van der Waals surface area contributed by atoms with Crippen LogP contribution in [0.3, 0.4) is 0 Å². The van der Waals surface area contributed by atoms with E-state index < -0.39 is 0 Å². The van der Waals surface area contributed by atoms with Gasteiger partial charge in [0, 0.05) is 11.9 Å². The number of fused-ring (bicyclic) bond motifs is 1. The van der Waals surface area contributed by atoms with Crippen LogP contribution in [-0.2, 0) is 6.42 Å². The van der Waals surface area contributed by atoms with Crippen LogP contribution < -0.4 is 0 Å². The molecule has 0 radical (unpaired) electrons. The van der Waals surface area contributed by atoms with Gasteiger partial charge in [0.25, 0.3) is 0 Å². The second kappa shape index (κ2) is 5.85. The molecular weight excluding hydrogens is 278 g/mol. The standard InChI is InChI=1S/C22H19N/c1-16-4-6-17(7-5-16)18-8-10-19(11-9-18)20-12-13-22-21(15-20)3-2-14-23-22/h2-11,14-15H,12-13H2,1H3. The Kier molecular flexibility index (Phi) is 3.55. The van der Waals surface area contributed by atoms with Gasteiger partial charge in [-0.25, -0.2) is 0 Å². The minimum Gasteiger partial charge on any atom is -0.261 e. The van der Waals surface area contributed by atoms with Crippen molar-refractivity contribution in [3.8, 4) is 11.1 Å². The molecule has 23 heavy (non-hydrogen) atoms. The Morgan fingerprint density at radius 1 is 0.739 bits per heavy atom. The van der Waals surface area contributed by atoms with Gasteiger partial charge in [-0.05, 0) is 59.7 Å². The average Bonchev–Trinajstić information content (AvgIpc) is 2.62. The van der Waals surface area contributed by atoms with Gasteiger partial charge in [-0.15, -0.1) is 0 Å². The molecular formula is C22H19N. The van der Waals surface area contributed by atoms with Crippen molar-refractivity contribution in [1.29, 1.82) is 0 Å². The van der Waals surface area contributed by atoms with Crippen LogP contribution in [0.15, 0.2) is 66.9 Å². The molecule has 1 aromatic heterocycles. The molecule has 1 aliphatic rings. The fraction of sp³-hybridized carbons (Fsp3) is 0.136. The quantitative estimate of drug-likeness (QED) is 0.605. The Balaban J connectivity index is 1.64. The number of benzene rings is 2. The predicted molar refractivity (Wildman–Crippen MR) is 97.0 cm³/mol. The van der Waals surface area contributed by atoms with Crippen molar-refractivity contribution in [2.24, 2.45) is 0 Å². The van der Waals surface area contributed by atoms with Gasteiger partial charge in [0.05, 0.1) is 0 Å². The molecule has 0 unspecified atom stereocenters. The summed E-state index contributed by atoms with van der Waals surface area (Å²) in [5, 5.41) is 0. The number of rotatable bonds is 2. The first-order valence-electron chi connectivity index (χ1n) is 8.11. The molecule has 4 rings (SSSR count). The lowest BCUT2D eigenvalue weighted by molar-refractivity contribution is 0.939. The van der Waals surface area contributed by atoms with E-state index in [9.17, 15) is 0 Å². The van der Waals surface area contributed by atoms with E-state index in [1.165, 1.54) is 39.1 Å². The molecule has 3 aromatic rings. The molecule has 1 nitrogen and oxygen atoms in total. The summed E-state index contributed by atoms with van der Waals surface area (Å²) >= 11 is 0. The first kappa shape index (κ1) is 14.0. The zero-order valence-electron chi connectivity index (χ0n) is 13.3. The third kappa shape index (κ3) is 2.83. The van der Waals surface area contributed by atoms with Gasteiger partial charge >= 0.3 is 0 Å². The Morgan fingerprint density at radius 2 is 1.39 bits per heavy atom. The van der Waals surface area contributed by atoms with Crippen molar-refractivity contribution in [1.82, 2.24) is 4.98 Å². The van der Waals surface area contributed by atoms with E-state index in [0.29, 0.717) is 0 Å². The smallest absolute Gasteiger partial charge is 0.0479 e. The van der Waals surface area contributed by atoms with Crippen molar-refractivity contribution >= 4 is 11.6 Å². The molecule has 0 saturated carbocycles. The van der Waals surface area contributed by atoms with Crippen LogP contribution in [0.5, 0.6) is 0 Å². The summed E-state index contributed by atoms with van der Waals surface area (Å²) in [5.41, 5.74) is 9.03. The largest absolute Gasteiger partial charge is 0.261 e. The highest BCUT2D eigenvalue weighted by molar-refractivity contribution is 5.84. The van der Waals surface area contributed by atoms with Crippen LogP contribution in [0, 0.1) is 6.92 Å². The number of nitrogens with zero attached hydrogens (tertiary/aromatic N) is 1. The Morgan fingerprint density at radius 3 is 2.13 bits per heavy atom. The van der Waals surface area contributed by atoms with Gasteiger partial charge in [-0.2, -0.15) is 0 Å². The zero-order valence-corrected chi connectivity index (χ0v) is 13.3. The maximum Gasteiger partial charge on any atom is 0.0479 e. The Bertz CT molecular complexity index is 855. The van der Waals surface area contributed by atoms with E-state index in [-0.39, 0.29) is 0 Å². The number of hydrogen-bond donors (Lipinski definition) is 0. The highest BCUT2D eigenvalue weighted by Gasteiger charge is 2.12. The molecule has 0 atom stereocenters. The fourth-order valence-corrected chi connectivity index (χ4v) is 3.15. The van der Waals surface area contributed by atoms with E-state index in [1.807, 2.05) is 12.3 Å². The molecule has 0 fully saturated rings. The first-order chi connectivity index (χ1) is 11.3. The van der Waals surface area contributed by atoms with Gasteiger partial charge < -0.3 is 0 Å². The monoisotopic (exact) mass is 297 g/mol. The molecule has 0 amide bonds. The van der Waals surface area contributed by atoms with E-state index in [4.69, 9.17) is 0 Å². The molecule has 0 aliphatic heterocycles. The third-order valence-electron chi connectivity index (χ3n) is 4.53. The minimum absolute atomic E-state index is 1.03. The van der Waals surface area contributed by atoms with Gasteiger partial charge in [-0.3, -0.25) is 4.98 Å². The minimum atomic E-state index is 1.03. The lowest BCUT2D eigenvalue weighted by Crippen LogP contribution is -2.01. The van der Waals surface area contributed by atoms with Gasteiger partial charge in [0.2, 0.25) is 0 Å². The summed E-state index contributed by atoms with van der Waals surface area (Å²) in [6.45, 7) is 2.12. The molecule has 0 bridgehead atoms. The average molecular weight is 297 g/mol. The summed E-state index contributed by atoms with van der Waals surface area (Å²) in [5.74, 6) is 0. The van der Waals surface area contributed by atoms with E-state index in [1.54, 1.807) is 0 Å². The molecule has 0 N–H and O–H groups in total. The highest BCUT2D eigenvalue weighted by Crippen LogP contribution is 2.30. The summed E-state index contributed by atoms with van der Waals surface area (Å²) < 4.78 is 0. The molecule has 0 saturated heterocycles. The van der Waals surface area contributed by atoms with E-state index >= 15 is 0 Å². The summed E-state index contributed by atoms with van der Waals surface area (Å²) in [4.78, 5) is 4.46. The molecule has 1 aliphatic carbocycles. The Labute approximate surface area is 137 Å². The van der Waals surface area contributed by atoms with Crippen molar-refractivity contribution < 1.29 is 0 Å². The first-order valence-corrected chi connectivity index (χ1v) is 8.11. The van der Waals surface area contributed by atoms with Crippen LogP contribution in [0.25, 0.3) is 22.8 Å². The topological polar surface area (TPSA) is 12.9 Å². The van der Waals surface area contributed by atoms with Gasteiger partial charge in [-0.1, -0.05) is 60.2 Å². The van der Waals surface area contributed by atoms with E-state index in [2.05, 4.69) is 72.6 Å². The van der Waals surface area contributed by atoms with Crippen molar-refractivity contribution in [2.45, 2.75) is 19.8 Å². The van der Waals surface area contributed by atoms with Gasteiger partial charge in [0.15, 0.2) is 0 Å². The van der Waals surface area contributed by atoms with Crippen LogP contribution >= 0.6 is 0 Å². The van der Waals surface area contributed by atoms with Crippen LogP contribution in [0.1, 0.15) is 28.8 Å². The molecule has 112 valence electrons. The summed E-state index contributed by atoms with van der Waals surface area (Å²) in [7, 11) is 0. The van der Waals surface area contributed by atoms with Crippen molar-refractivity contribution in [2.75, 3.05) is 0 Å². The third-order valence-corrected chi connectivity index (χ3v) is 4.53.